The van der Waals surface area contributed by atoms with Crippen molar-refractivity contribution in [1.29, 1.82) is 0 Å². The Morgan fingerprint density at radius 1 is 1.09 bits per heavy atom. The highest BCUT2D eigenvalue weighted by Crippen LogP contribution is 2.20. The number of aliphatic hydroxyl groups is 1. The van der Waals surface area contributed by atoms with E-state index in [1.807, 2.05) is 11.4 Å². The second-order valence-corrected chi connectivity index (χ2v) is 4.84. The maximum Gasteiger partial charge on any atom is 0.319 e. The summed E-state index contributed by atoms with van der Waals surface area (Å²) >= 11 is 0. The van der Waals surface area contributed by atoms with Gasteiger partial charge in [-0.15, -0.1) is 0 Å². The number of benzene rings is 2. The Hall–Kier alpha value is -2.54. The van der Waals surface area contributed by atoms with E-state index < -0.39 is 35.3 Å². The molecule has 0 fully saturated rings. The second-order valence-electron chi connectivity index (χ2n) is 4.84. The number of halogens is 3. The fourth-order valence-electron chi connectivity index (χ4n) is 1.98. The van der Waals surface area contributed by atoms with E-state index in [4.69, 9.17) is 0 Å². The number of rotatable bonds is 5. The third-order valence-corrected chi connectivity index (χ3v) is 3.13. The molecule has 2 aromatic rings. The SMILES string of the molecule is O=C(NCCC(O)c1ccccc1)Nc1c(F)cc(F)cc1F. The van der Waals surface area contributed by atoms with E-state index in [0.717, 1.165) is 0 Å². The summed E-state index contributed by atoms with van der Waals surface area (Å²) in [6.45, 7) is 0.0896. The normalized spacial score (nSPS) is 11.8. The highest BCUT2D eigenvalue weighted by Gasteiger charge is 2.14. The Kier molecular flexibility index (Phi) is 5.59. The van der Waals surface area contributed by atoms with Gasteiger partial charge in [0.15, 0.2) is 11.6 Å². The van der Waals surface area contributed by atoms with Crippen LogP contribution in [0.1, 0.15) is 18.1 Å². The molecule has 0 aromatic heterocycles. The van der Waals surface area contributed by atoms with Crippen LogP contribution in [0.5, 0.6) is 0 Å². The highest BCUT2D eigenvalue weighted by atomic mass is 19.1. The summed E-state index contributed by atoms with van der Waals surface area (Å²) in [6.07, 6.45) is -0.540. The second kappa shape index (κ2) is 7.64. The van der Waals surface area contributed by atoms with Crippen LogP contribution in [0.2, 0.25) is 0 Å². The number of carbonyl (C=O) groups is 1. The summed E-state index contributed by atoms with van der Waals surface area (Å²) in [5, 5.41) is 14.2. The number of nitrogens with one attached hydrogen (secondary N) is 2. The van der Waals surface area contributed by atoms with E-state index in [2.05, 4.69) is 5.32 Å². The Morgan fingerprint density at radius 3 is 2.30 bits per heavy atom. The van der Waals surface area contributed by atoms with E-state index in [-0.39, 0.29) is 13.0 Å². The first kappa shape index (κ1) is 16.8. The van der Waals surface area contributed by atoms with Crippen molar-refractivity contribution in [3.8, 4) is 0 Å². The lowest BCUT2D eigenvalue weighted by Crippen LogP contribution is -2.31. The predicted octanol–water partition coefficient (Wildman–Crippen LogP) is 3.35. The van der Waals surface area contributed by atoms with Crippen LogP contribution in [-0.4, -0.2) is 17.7 Å². The molecule has 122 valence electrons. The van der Waals surface area contributed by atoms with Crippen molar-refractivity contribution in [3.63, 3.8) is 0 Å². The van der Waals surface area contributed by atoms with Crippen molar-refractivity contribution in [2.75, 3.05) is 11.9 Å². The summed E-state index contributed by atoms with van der Waals surface area (Å²) in [4.78, 5) is 11.6. The minimum absolute atomic E-state index is 0.0896. The van der Waals surface area contributed by atoms with Gasteiger partial charge in [-0.1, -0.05) is 30.3 Å². The van der Waals surface area contributed by atoms with Crippen molar-refractivity contribution < 1.29 is 23.1 Å². The molecular weight excluding hydrogens is 309 g/mol. The lowest BCUT2D eigenvalue weighted by molar-refractivity contribution is 0.167. The van der Waals surface area contributed by atoms with Gasteiger partial charge in [0.1, 0.15) is 11.5 Å². The predicted molar refractivity (Wildman–Crippen MR) is 79.4 cm³/mol. The molecule has 23 heavy (non-hydrogen) atoms. The number of hydrogen-bond donors (Lipinski definition) is 3. The van der Waals surface area contributed by atoms with Gasteiger partial charge in [0, 0.05) is 18.7 Å². The van der Waals surface area contributed by atoms with Gasteiger partial charge < -0.3 is 15.7 Å². The van der Waals surface area contributed by atoms with Crippen molar-refractivity contribution in [1.82, 2.24) is 5.32 Å². The topological polar surface area (TPSA) is 61.4 Å². The number of aliphatic hydroxyl groups excluding tert-OH is 1. The molecule has 7 heteroatoms. The lowest BCUT2D eigenvalue weighted by Gasteiger charge is -2.12. The smallest absolute Gasteiger partial charge is 0.319 e. The van der Waals surface area contributed by atoms with Crippen LogP contribution in [0.15, 0.2) is 42.5 Å². The minimum Gasteiger partial charge on any atom is -0.388 e. The molecule has 0 saturated heterocycles. The molecule has 4 nitrogen and oxygen atoms in total. The maximum absolute atomic E-state index is 13.4. The average molecular weight is 324 g/mol. The van der Waals surface area contributed by atoms with Gasteiger partial charge >= 0.3 is 6.03 Å². The Morgan fingerprint density at radius 2 is 1.70 bits per heavy atom. The number of urea groups is 1. The largest absolute Gasteiger partial charge is 0.388 e. The van der Waals surface area contributed by atoms with Crippen LogP contribution in [0.3, 0.4) is 0 Å². The third-order valence-electron chi connectivity index (χ3n) is 3.13. The molecule has 2 aromatic carbocycles. The number of anilines is 1. The summed E-state index contributed by atoms with van der Waals surface area (Å²) in [5.74, 6) is -3.49. The Bertz CT molecular complexity index is 657. The van der Waals surface area contributed by atoms with Crippen LogP contribution in [0.4, 0.5) is 23.7 Å². The summed E-state index contributed by atoms with van der Waals surface area (Å²) in [7, 11) is 0. The molecule has 3 N–H and O–H groups in total. The molecule has 0 heterocycles. The van der Waals surface area contributed by atoms with Crippen LogP contribution in [0.25, 0.3) is 0 Å². The fraction of sp³-hybridized carbons (Fsp3) is 0.188. The minimum atomic E-state index is -1.21. The molecular formula is C16H15F3N2O2. The van der Waals surface area contributed by atoms with E-state index in [1.54, 1.807) is 24.3 Å². The molecule has 0 radical (unpaired) electrons. The van der Waals surface area contributed by atoms with Gasteiger partial charge in [-0.25, -0.2) is 18.0 Å². The van der Waals surface area contributed by atoms with Gasteiger partial charge in [-0.05, 0) is 12.0 Å². The zero-order valence-corrected chi connectivity index (χ0v) is 12.0. The first-order chi connectivity index (χ1) is 11.0. The van der Waals surface area contributed by atoms with E-state index in [9.17, 15) is 23.1 Å². The molecule has 0 saturated carbocycles. The fourth-order valence-corrected chi connectivity index (χ4v) is 1.98. The molecule has 1 unspecified atom stereocenters. The molecule has 0 spiro atoms. The quantitative estimate of drug-likeness (QED) is 0.790. The van der Waals surface area contributed by atoms with E-state index in [1.165, 1.54) is 0 Å². The molecule has 0 bridgehead atoms. The van der Waals surface area contributed by atoms with Gasteiger partial charge in [-0.2, -0.15) is 0 Å². The van der Waals surface area contributed by atoms with Gasteiger partial charge in [0.2, 0.25) is 0 Å². The maximum atomic E-state index is 13.4. The van der Waals surface area contributed by atoms with E-state index >= 15 is 0 Å². The standard InChI is InChI=1S/C16H15F3N2O2/c17-11-8-12(18)15(13(19)9-11)21-16(23)20-7-6-14(22)10-4-2-1-3-5-10/h1-5,8-9,14,22H,6-7H2,(H2,20,21,23). The molecule has 2 amide bonds. The average Bonchev–Trinajstić information content (AvgIpc) is 2.51. The summed E-state index contributed by atoms with van der Waals surface area (Å²) in [5.41, 5.74) is -0.0298. The number of amides is 2. The van der Waals surface area contributed by atoms with Crippen LogP contribution < -0.4 is 10.6 Å². The molecule has 0 aliphatic rings. The molecule has 0 aliphatic heterocycles. The third kappa shape index (κ3) is 4.72. The molecule has 1 atom stereocenters. The summed E-state index contributed by atoms with van der Waals surface area (Å²) in [6, 6.07) is 8.94. The Balaban J connectivity index is 1.84. The molecule has 2 rings (SSSR count). The zero-order valence-electron chi connectivity index (χ0n) is 12.0. The van der Waals surface area contributed by atoms with Crippen LogP contribution >= 0.6 is 0 Å². The monoisotopic (exact) mass is 324 g/mol. The van der Waals surface area contributed by atoms with Crippen molar-refractivity contribution >= 4 is 11.7 Å². The van der Waals surface area contributed by atoms with Crippen LogP contribution in [0, 0.1) is 17.5 Å². The Labute approximate surface area is 131 Å². The van der Waals surface area contributed by atoms with Crippen LogP contribution in [-0.2, 0) is 0 Å². The zero-order chi connectivity index (χ0) is 16.8. The molecule has 0 aliphatic carbocycles. The van der Waals surface area contributed by atoms with Crippen molar-refractivity contribution in [2.24, 2.45) is 0 Å². The first-order valence-corrected chi connectivity index (χ1v) is 6.90. The van der Waals surface area contributed by atoms with Crippen molar-refractivity contribution in [3.05, 3.63) is 65.5 Å². The number of carbonyl (C=O) groups excluding carboxylic acids is 1. The van der Waals surface area contributed by atoms with E-state index in [0.29, 0.717) is 17.7 Å². The van der Waals surface area contributed by atoms with Gasteiger partial charge in [-0.3, -0.25) is 0 Å². The number of hydrogen-bond acceptors (Lipinski definition) is 2. The van der Waals surface area contributed by atoms with Crippen molar-refractivity contribution in [2.45, 2.75) is 12.5 Å². The summed E-state index contributed by atoms with van der Waals surface area (Å²) < 4.78 is 39.5. The van der Waals surface area contributed by atoms with Gasteiger partial charge in [0.05, 0.1) is 6.10 Å². The lowest BCUT2D eigenvalue weighted by atomic mass is 10.1. The highest BCUT2D eigenvalue weighted by molar-refractivity contribution is 5.89. The first-order valence-electron chi connectivity index (χ1n) is 6.90. The van der Waals surface area contributed by atoms with Gasteiger partial charge in [0.25, 0.3) is 0 Å².